The summed E-state index contributed by atoms with van der Waals surface area (Å²) in [6.45, 7) is 2.75. The van der Waals surface area contributed by atoms with E-state index < -0.39 is 10.1 Å². The number of aryl methyl sites for hydroxylation is 2. The molecule has 4 nitrogen and oxygen atoms in total. The van der Waals surface area contributed by atoms with Crippen molar-refractivity contribution in [3.05, 3.63) is 42.1 Å². The second-order valence-corrected chi connectivity index (χ2v) is 6.18. The van der Waals surface area contributed by atoms with Crippen LogP contribution in [0.15, 0.2) is 36.4 Å². The van der Waals surface area contributed by atoms with E-state index in [1.807, 2.05) is 37.3 Å². The van der Waals surface area contributed by atoms with Crippen LogP contribution in [0.1, 0.15) is 18.5 Å². The fourth-order valence-electron chi connectivity index (χ4n) is 2.21. The molecule has 1 heterocycles. The van der Waals surface area contributed by atoms with Crippen LogP contribution >= 0.6 is 0 Å². The van der Waals surface area contributed by atoms with Crippen molar-refractivity contribution in [3.8, 4) is 0 Å². The van der Waals surface area contributed by atoms with E-state index in [2.05, 4.69) is 10.6 Å². The molecule has 5 heteroatoms. The third-order valence-electron chi connectivity index (χ3n) is 3.18. The number of nitrogens with zero attached hydrogens (tertiary/aromatic N) is 1. The normalized spacial score (nSPS) is 11.9. The van der Waals surface area contributed by atoms with E-state index in [0.717, 1.165) is 23.1 Å². The Labute approximate surface area is 113 Å². The van der Waals surface area contributed by atoms with Gasteiger partial charge in [-0.25, -0.2) is 8.42 Å². The summed E-state index contributed by atoms with van der Waals surface area (Å²) in [5.41, 5.74) is 2.26. The maximum atomic E-state index is 10.6. The van der Waals surface area contributed by atoms with Crippen molar-refractivity contribution in [2.45, 2.75) is 26.3 Å². The number of hydrogen-bond donors (Lipinski definition) is 0. The van der Waals surface area contributed by atoms with Gasteiger partial charge in [-0.2, -0.15) is 4.57 Å². The lowest BCUT2D eigenvalue weighted by molar-refractivity contribution is -0.677. The van der Waals surface area contributed by atoms with Crippen LogP contribution in [0.5, 0.6) is 0 Å². The minimum absolute atomic E-state index is 0.280. The second kappa shape index (κ2) is 5.67. The predicted octanol–water partition coefficient (Wildman–Crippen LogP) is 1.76. The molecule has 1 aromatic carbocycles. The Morgan fingerprint density at radius 1 is 1.11 bits per heavy atom. The molecule has 0 aliphatic heterocycles. The highest BCUT2D eigenvalue weighted by Crippen LogP contribution is 2.10. The third-order valence-corrected chi connectivity index (χ3v) is 3.97. The number of pyridine rings is 1. The molecule has 0 fully saturated rings. The summed E-state index contributed by atoms with van der Waals surface area (Å²) in [7, 11) is -4.09. The Kier molecular flexibility index (Phi) is 4.17. The number of rotatable bonds is 5. The van der Waals surface area contributed by atoms with Crippen molar-refractivity contribution in [2.24, 2.45) is 0 Å². The molecule has 0 bridgehead atoms. The lowest BCUT2D eigenvalue weighted by Gasteiger charge is -2.07. The molecule has 102 valence electrons. The molecule has 2 aromatic rings. The van der Waals surface area contributed by atoms with Gasteiger partial charge in [-0.3, -0.25) is 0 Å². The molecule has 0 unspecified atom stereocenters. The van der Waals surface area contributed by atoms with Crippen LogP contribution in [0.3, 0.4) is 0 Å². The lowest BCUT2D eigenvalue weighted by atomic mass is 10.2. The molecule has 19 heavy (non-hydrogen) atoms. The van der Waals surface area contributed by atoms with Crippen LogP contribution < -0.4 is 4.57 Å². The molecule has 0 radical (unpaired) electrons. The minimum Gasteiger partial charge on any atom is -0.748 e. The van der Waals surface area contributed by atoms with Gasteiger partial charge in [0.15, 0.2) is 5.69 Å². The Balaban J connectivity index is 2.14. The van der Waals surface area contributed by atoms with Gasteiger partial charge in [-0.1, -0.05) is 12.1 Å². The van der Waals surface area contributed by atoms with Crippen molar-refractivity contribution < 1.29 is 17.5 Å². The Morgan fingerprint density at radius 3 is 2.58 bits per heavy atom. The number of unbranched alkanes of at least 4 members (excludes halogenated alkanes) is 1. The highest BCUT2D eigenvalue weighted by Gasteiger charge is 2.11. The van der Waals surface area contributed by atoms with Crippen LogP contribution in [-0.4, -0.2) is 18.7 Å². The first-order chi connectivity index (χ1) is 8.97. The zero-order valence-corrected chi connectivity index (χ0v) is 11.7. The molecule has 0 aliphatic rings. The predicted molar refractivity (Wildman–Crippen MR) is 72.7 cm³/mol. The summed E-state index contributed by atoms with van der Waals surface area (Å²) in [6.07, 6.45) is 1.09. The van der Waals surface area contributed by atoms with E-state index in [-0.39, 0.29) is 5.75 Å². The van der Waals surface area contributed by atoms with E-state index >= 15 is 0 Å². The highest BCUT2D eigenvalue weighted by atomic mass is 32.2. The first-order valence-corrected chi connectivity index (χ1v) is 7.87. The van der Waals surface area contributed by atoms with Gasteiger partial charge >= 0.3 is 0 Å². The largest absolute Gasteiger partial charge is 0.748 e. The van der Waals surface area contributed by atoms with Crippen molar-refractivity contribution in [1.29, 1.82) is 0 Å². The van der Waals surface area contributed by atoms with E-state index in [1.54, 1.807) is 0 Å². The fourth-order valence-corrected chi connectivity index (χ4v) is 2.77. The van der Waals surface area contributed by atoms with Gasteiger partial charge in [0.05, 0.1) is 10.1 Å². The first-order valence-electron chi connectivity index (χ1n) is 6.29. The van der Waals surface area contributed by atoms with E-state index in [4.69, 9.17) is 0 Å². The Hall–Kier alpha value is -1.46. The summed E-state index contributed by atoms with van der Waals surface area (Å²) in [6, 6.07) is 12.2. The number of benzene rings is 1. The smallest absolute Gasteiger partial charge is 0.212 e. The highest BCUT2D eigenvalue weighted by molar-refractivity contribution is 7.85. The van der Waals surface area contributed by atoms with E-state index in [1.165, 1.54) is 0 Å². The van der Waals surface area contributed by atoms with E-state index in [0.29, 0.717) is 12.8 Å². The van der Waals surface area contributed by atoms with Gasteiger partial charge in [0.1, 0.15) is 6.54 Å². The van der Waals surface area contributed by atoms with Crippen molar-refractivity contribution in [1.82, 2.24) is 0 Å². The molecule has 0 spiro atoms. The number of fused-ring (bicyclic) bond motifs is 1. The molecule has 2 rings (SSSR count). The van der Waals surface area contributed by atoms with Gasteiger partial charge in [0, 0.05) is 36.6 Å². The fraction of sp³-hybridized carbons (Fsp3) is 0.357. The van der Waals surface area contributed by atoms with Gasteiger partial charge < -0.3 is 4.55 Å². The molecule has 0 N–H and O–H groups in total. The molecule has 0 aliphatic carbocycles. The zero-order valence-electron chi connectivity index (χ0n) is 10.9. The molecule has 0 saturated carbocycles. The minimum atomic E-state index is -4.09. The quantitative estimate of drug-likeness (QED) is 0.476. The summed E-state index contributed by atoms with van der Waals surface area (Å²) in [5.74, 6) is -0.280. The van der Waals surface area contributed by atoms with Crippen molar-refractivity contribution >= 4 is 21.0 Å². The van der Waals surface area contributed by atoms with E-state index in [9.17, 15) is 13.0 Å². The van der Waals surface area contributed by atoms with Gasteiger partial charge in [-0.15, -0.1) is 0 Å². The molecule has 1 aromatic heterocycles. The molecular weight excluding hydrogens is 262 g/mol. The van der Waals surface area contributed by atoms with Crippen molar-refractivity contribution in [2.75, 3.05) is 5.75 Å². The first kappa shape index (κ1) is 14.0. The summed E-state index contributed by atoms with van der Waals surface area (Å²) in [5, 5.41) is 1.16. The average molecular weight is 279 g/mol. The topological polar surface area (TPSA) is 61.1 Å². The average Bonchev–Trinajstić information content (AvgIpc) is 2.35. The SMILES string of the molecule is Cc1ccc2ccccc2[n+]1CCCCS(=O)(=O)[O-]. The summed E-state index contributed by atoms with van der Waals surface area (Å²) >= 11 is 0. The summed E-state index contributed by atoms with van der Waals surface area (Å²) < 4.78 is 33.8. The van der Waals surface area contributed by atoms with Crippen LogP contribution in [0.4, 0.5) is 0 Å². The van der Waals surface area contributed by atoms with Crippen molar-refractivity contribution in [3.63, 3.8) is 0 Å². The Morgan fingerprint density at radius 2 is 1.84 bits per heavy atom. The number of hydrogen-bond acceptors (Lipinski definition) is 3. The molecule has 0 amide bonds. The van der Waals surface area contributed by atoms with Crippen LogP contribution in [0.2, 0.25) is 0 Å². The molecule has 0 saturated heterocycles. The van der Waals surface area contributed by atoms with Crippen LogP contribution in [0, 0.1) is 6.92 Å². The maximum absolute atomic E-state index is 10.6. The molecule has 0 atom stereocenters. The van der Waals surface area contributed by atoms with Gasteiger partial charge in [0.2, 0.25) is 5.52 Å². The van der Waals surface area contributed by atoms with Crippen LogP contribution in [0.25, 0.3) is 10.9 Å². The standard InChI is InChI=1S/C14H17NO3S/c1-12-8-9-13-6-2-3-7-14(13)15(12)10-4-5-11-19(16,17)18/h2-3,6-9H,4-5,10-11H2,1H3. The number of para-hydroxylation sites is 1. The number of aromatic nitrogens is 1. The maximum Gasteiger partial charge on any atom is 0.212 e. The van der Waals surface area contributed by atoms with Gasteiger partial charge in [-0.05, 0) is 18.6 Å². The van der Waals surface area contributed by atoms with Crippen LogP contribution in [-0.2, 0) is 16.7 Å². The molecular formula is C14H17NO3S. The zero-order chi connectivity index (χ0) is 13.9. The monoisotopic (exact) mass is 279 g/mol. The second-order valence-electron chi connectivity index (χ2n) is 4.65. The lowest BCUT2D eigenvalue weighted by Crippen LogP contribution is -2.38. The third kappa shape index (κ3) is 3.75. The Bertz CT molecular complexity index is 680. The van der Waals surface area contributed by atoms with Gasteiger partial charge in [0.25, 0.3) is 0 Å². The summed E-state index contributed by atoms with van der Waals surface area (Å²) in [4.78, 5) is 0.